The number of rotatable bonds is 15. The molecule has 0 spiro atoms. The first-order chi connectivity index (χ1) is 20.4. The molecule has 7 N–H and O–H groups in total. The normalized spacial score (nSPS) is 22.1. The van der Waals surface area contributed by atoms with Gasteiger partial charge in [0.1, 0.15) is 29.8 Å². The summed E-state index contributed by atoms with van der Waals surface area (Å²) in [5.41, 5.74) is 1.22. The number of anilines is 2. The molecule has 14 nitrogen and oxygen atoms in total. The van der Waals surface area contributed by atoms with Crippen LogP contribution in [0.25, 0.3) is 0 Å². The van der Waals surface area contributed by atoms with E-state index >= 15 is 0 Å². The highest BCUT2D eigenvalue weighted by Gasteiger charge is 2.46. The highest BCUT2D eigenvalue weighted by Crippen LogP contribution is 2.41. The molecular weight excluding hydrogens is 587 g/mol. The van der Waals surface area contributed by atoms with E-state index in [1.807, 2.05) is 6.07 Å². The molecule has 0 aromatic heterocycles. The second-order valence-electron chi connectivity index (χ2n) is 9.79. The highest BCUT2D eigenvalue weighted by atomic mass is 31.2. The predicted molar refractivity (Wildman–Crippen MR) is 155 cm³/mol. The van der Waals surface area contributed by atoms with Crippen LogP contribution in [-0.4, -0.2) is 80.8 Å². The summed E-state index contributed by atoms with van der Waals surface area (Å²) in [6, 6.07) is 11.9. The summed E-state index contributed by atoms with van der Waals surface area (Å²) < 4.78 is 32.2. The third-order valence-electron chi connectivity index (χ3n) is 6.54. The summed E-state index contributed by atoms with van der Waals surface area (Å²) in [7, 11) is -5.02. The number of benzene rings is 2. The lowest BCUT2D eigenvalue weighted by Crippen LogP contribution is -2.57. The van der Waals surface area contributed by atoms with Crippen molar-refractivity contribution in [1.29, 1.82) is 0 Å². The van der Waals surface area contributed by atoms with Crippen molar-refractivity contribution in [3.05, 3.63) is 48.0 Å². The minimum atomic E-state index is -5.02. The van der Waals surface area contributed by atoms with Crippen molar-refractivity contribution < 1.29 is 58.0 Å². The number of amides is 2. The minimum absolute atomic E-state index is 0.140. The Morgan fingerprint density at radius 2 is 1.47 bits per heavy atom. The minimum Gasteiger partial charge on any atom is -0.492 e. The molecule has 0 saturated carbocycles. The summed E-state index contributed by atoms with van der Waals surface area (Å²) in [5.74, 6) is 0.0679. The molecule has 2 amide bonds. The Bertz CT molecular complexity index is 1260. The Hall–Kier alpha value is -3.07. The van der Waals surface area contributed by atoms with Crippen molar-refractivity contribution in [1.82, 2.24) is 0 Å². The number of ether oxygens (including phenoxy) is 3. The molecule has 0 radical (unpaired) electrons. The molecule has 3 rings (SSSR count). The van der Waals surface area contributed by atoms with E-state index in [0.717, 1.165) is 0 Å². The van der Waals surface area contributed by atoms with Gasteiger partial charge in [0.05, 0.1) is 30.7 Å². The maximum Gasteiger partial charge on any atom is 0.472 e. The molecule has 1 aliphatic heterocycles. The fourth-order valence-electron chi connectivity index (χ4n) is 4.49. The van der Waals surface area contributed by atoms with Crippen LogP contribution >= 0.6 is 7.82 Å². The number of phosphoric ester groups is 1. The van der Waals surface area contributed by atoms with Crippen LogP contribution in [0, 0.1) is 0 Å². The van der Waals surface area contributed by atoms with E-state index in [0.29, 0.717) is 60.9 Å². The molecule has 1 saturated heterocycles. The van der Waals surface area contributed by atoms with E-state index < -0.39 is 38.5 Å². The molecule has 15 heteroatoms. The fraction of sp³-hybridized carbons (Fsp3) is 0.500. The molecule has 5 atom stereocenters. The van der Waals surface area contributed by atoms with E-state index in [-0.39, 0.29) is 24.7 Å². The SMILES string of the molecule is CCOc1cc(NC(=O)c2ccccc2)c(OCC)cc1NC(=O)CCCCC[C@@H]1O[C@H](OP(=O)(O)O)[C@@H](O)[C@H](O)[C@@H]1O. The van der Waals surface area contributed by atoms with E-state index in [1.165, 1.54) is 0 Å². The van der Waals surface area contributed by atoms with E-state index in [1.54, 1.807) is 50.2 Å². The first kappa shape index (κ1) is 34.4. The van der Waals surface area contributed by atoms with Gasteiger partial charge in [-0.1, -0.05) is 31.0 Å². The molecule has 238 valence electrons. The second kappa shape index (κ2) is 16.1. The lowest BCUT2D eigenvalue weighted by Gasteiger charge is -2.40. The topological polar surface area (TPSA) is 213 Å². The summed E-state index contributed by atoms with van der Waals surface area (Å²) in [4.78, 5) is 43.5. The molecule has 0 bridgehead atoms. The first-order valence-corrected chi connectivity index (χ1v) is 15.5. The van der Waals surface area contributed by atoms with Gasteiger partial charge in [0.25, 0.3) is 5.91 Å². The van der Waals surface area contributed by atoms with Gasteiger partial charge in [-0.25, -0.2) is 4.57 Å². The van der Waals surface area contributed by atoms with E-state index in [9.17, 15) is 29.5 Å². The molecule has 1 heterocycles. The zero-order valence-electron chi connectivity index (χ0n) is 23.9. The molecule has 2 aromatic rings. The van der Waals surface area contributed by atoms with Crippen molar-refractivity contribution in [2.24, 2.45) is 0 Å². The fourth-order valence-corrected chi connectivity index (χ4v) is 4.93. The standard InChI is InChI=1S/C28H39N2O12P/c1-3-39-21-16-19(30-27(35)17-11-7-5-8-12-17)22(40-4-2)15-18(21)29-23(31)14-10-6-9-13-20-24(32)25(33)26(34)28(41-20)42-43(36,37)38/h5,7-8,11-12,15-16,20,24-26,28,32-34H,3-4,6,9-10,13-14H2,1-2H3,(H,29,31)(H,30,35)(H2,36,37,38)/t20-,24+,25+,26-,28+/m0/s1. The number of carbonyl (C=O) groups excluding carboxylic acids is 2. The lowest BCUT2D eigenvalue weighted by molar-refractivity contribution is -0.276. The van der Waals surface area contributed by atoms with Crippen LogP contribution in [0.15, 0.2) is 42.5 Å². The van der Waals surface area contributed by atoms with Crippen LogP contribution in [0.4, 0.5) is 11.4 Å². The zero-order chi connectivity index (χ0) is 31.6. The molecule has 0 unspecified atom stereocenters. The van der Waals surface area contributed by atoms with Gasteiger partial charge in [-0.05, 0) is 38.8 Å². The number of aliphatic hydroxyl groups is 3. The number of nitrogens with one attached hydrogen (secondary N) is 2. The van der Waals surface area contributed by atoms with Gasteiger partial charge >= 0.3 is 7.82 Å². The Kier molecular flexibility index (Phi) is 12.9. The maximum atomic E-state index is 12.8. The number of carbonyl (C=O) groups is 2. The number of hydrogen-bond donors (Lipinski definition) is 7. The van der Waals surface area contributed by atoms with E-state index in [4.69, 9.17) is 24.0 Å². The number of aliphatic hydroxyl groups excluding tert-OH is 3. The highest BCUT2D eigenvalue weighted by molar-refractivity contribution is 7.46. The maximum absolute atomic E-state index is 12.8. The zero-order valence-corrected chi connectivity index (χ0v) is 24.8. The number of hydrogen-bond acceptors (Lipinski definition) is 10. The van der Waals surface area contributed by atoms with Crippen molar-refractivity contribution in [3.8, 4) is 11.5 Å². The van der Waals surface area contributed by atoms with Crippen LogP contribution in [0.1, 0.15) is 56.3 Å². The Labute approximate surface area is 249 Å². The number of unbranched alkanes of at least 4 members (excludes halogenated alkanes) is 2. The Morgan fingerprint density at radius 1 is 0.860 bits per heavy atom. The van der Waals surface area contributed by atoms with Gasteiger partial charge in [-0.15, -0.1) is 0 Å². The van der Waals surface area contributed by atoms with Gasteiger partial charge in [0.2, 0.25) is 5.91 Å². The lowest BCUT2D eigenvalue weighted by atomic mass is 9.95. The third kappa shape index (κ3) is 10.3. The Balaban J connectivity index is 1.56. The summed E-state index contributed by atoms with van der Waals surface area (Å²) in [6.07, 6.45) is -6.18. The smallest absolute Gasteiger partial charge is 0.472 e. The summed E-state index contributed by atoms with van der Waals surface area (Å²) >= 11 is 0. The largest absolute Gasteiger partial charge is 0.492 e. The van der Waals surface area contributed by atoms with Gasteiger partial charge in [-0.3, -0.25) is 14.1 Å². The van der Waals surface area contributed by atoms with Crippen LogP contribution < -0.4 is 20.1 Å². The number of phosphoric acid groups is 1. The molecule has 2 aromatic carbocycles. The molecule has 1 fully saturated rings. The van der Waals surface area contributed by atoms with Gasteiger partial charge in [0, 0.05) is 24.1 Å². The van der Waals surface area contributed by atoms with Crippen LogP contribution in [0.3, 0.4) is 0 Å². The van der Waals surface area contributed by atoms with Crippen LogP contribution in [0.2, 0.25) is 0 Å². The van der Waals surface area contributed by atoms with Crippen LogP contribution in [0.5, 0.6) is 11.5 Å². The second-order valence-corrected chi connectivity index (χ2v) is 11.0. The van der Waals surface area contributed by atoms with Gasteiger partial charge < -0.3 is 50.0 Å². The van der Waals surface area contributed by atoms with Gasteiger partial charge in [0.15, 0.2) is 6.29 Å². The predicted octanol–water partition coefficient (Wildman–Crippen LogP) is 2.54. The molecule has 43 heavy (non-hydrogen) atoms. The van der Waals surface area contributed by atoms with Crippen molar-refractivity contribution >= 4 is 31.0 Å². The molecule has 1 aliphatic rings. The molecular formula is C28H39N2O12P. The Morgan fingerprint density at radius 3 is 2.05 bits per heavy atom. The summed E-state index contributed by atoms with van der Waals surface area (Å²) in [6.45, 7) is 4.21. The van der Waals surface area contributed by atoms with E-state index in [2.05, 4.69) is 15.2 Å². The average Bonchev–Trinajstić information content (AvgIpc) is 2.96. The van der Waals surface area contributed by atoms with Gasteiger partial charge in [-0.2, -0.15) is 0 Å². The third-order valence-corrected chi connectivity index (χ3v) is 7.02. The average molecular weight is 627 g/mol. The van der Waals surface area contributed by atoms with Crippen molar-refractivity contribution in [2.45, 2.75) is 76.7 Å². The quantitative estimate of drug-likeness (QED) is 0.112. The van der Waals surface area contributed by atoms with Crippen LogP contribution in [-0.2, 0) is 18.6 Å². The first-order valence-electron chi connectivity index (χ1n) is 14.0. The van der Waals surface area contributed by atoms with Crippen molar-refractivity contribution in [3.63, 3.8) is 0 Å². The monoisotopic (exact) mass is 626 g/mol. The summed E-state index contributed by atoms with van der Waals surface area (Å²) in [5, 5.41) is 35.8. The molecule has 0 aliphatic carbocycles. The van der Waals surface area contributed by atoms with Crippen molar-refractivity contribution in [2.75, 3.05) is 23.8 Å².